The van der Waals surface area contributed by atoms with E-state index in [0.29, 0.717) is 11.1 Å². The topological polar surface area (TPSA) is 93.1 Å². The average Bonchev–Trinajstić information content (AvgIpc) is 2.47. The standard InChI is InChI=1S/C16H22O6/c1-3-21-15(19)9-13(17)11-5-7-12(8-6-11)14(18)10-16(20)22-4-2/h5-8,13-14,17-18H,3-4,9-10H2,1-2H3. The van der Waals surface area contributed by atoms with Crippen LogP contribution in [0.4, 0.5) is 0 Å². The second kappa shape index (κ2) is 9.17. The molecule has 1 rings (SSSR count). The van der Waals surface area contributed by atoms with E-state index in [1.165, 1.54) is 0 Å². The zero-order valence-corrected chi connectivity index (χ0v) is 12.8. The van der Waals surface area contributed by atoms with Crippen LogP contribution in [0.5, 0.6) is 0 Å². The summed E-state index contributed by atoms with van der Waals surface area (Å²) in [6.45, 7) is 3.93. The molecular weight excluding hydrogens is 288 g/mol. The monoisotopic (exact) mass is 310 g/mol. The lowest BCUT2D eigenvalue weighted by molar-refractivity contribution is -0.146. The third-order valence-electron chi connectivity index (χ3n) is 3.04. The third-order valence-corrected chi connectivity index (χ3v) is 3.04. The summed E-state index contributed by atoms with van der Waals surface area (Å²) < 4.78 is 9.54. The van der Waals surface area contributed by atoms with Gasteiger partial charge in [-0.25, -0.2) is 0 Å². The Morgan fingerprint density at radius 2 is 1.18 bits per heavy atom. The summed E-state index contributed by atoms with van der Waals surface area (Å²) in [5.41, 5.74) is 1.08. The van der Waals surface area contributed by atoms with Crippen LogP contribution >= 0.6 is 0 Å². The Morgan fingerprint density at radius 3 is 1.45 bits per heavy atom. The molecule has 0 spiro atoms. The highest BCUT2D eigenvalue weighted by Gasteiger charge is 2.16. The summed E-state index contributed by atoms with van der Waals surface area (Å²) in [5, 5.41) is 19.9. The average molecular weight is 310 g/mol. The summed E-state index contributed by atoms with van der Waals surface area (Å²) in [4.78, 5) is 22.6. The van der Waals surface area contributed by atoms with Crippen LogP contribution in [0.2, 0.25) is 0 Å². The smallest absolute Gasteiger partial charge is 0.308 e. The predicted molar refractivity (Wildman–Crippen MR) is 78.9 cm³/mol. The van der Waals surface area contributed by atoms with E-state index in [-0.39, 0.29) is 26.1 Å². The quantitative estimate of drug-likeness (QED) is 0.709. The molecule has 0 bridgehead atoms. The number of hydrogen-bond donors (Lipinski definition) is 2. The molecule has 0 fully saturated rings. The fourth-order valence-electron chi connectivity index (χ4n) is 1.93. The zero-order valence-electron chi connectivity index (χ0n) is 12.8. The lowest BCUT2D eigenvalue weighted by atomic mass is 10.0. The molecule has 6 nitrogen and oxygen atoms in total. The van der Waals surface area contributed by atoms with E-state index in [1.807, 2.05) is 0 Å². The van der Waals surface area contributed by atoms with Gasteiger partial charge in [-0.05, 0) is 25.0 Å². The molecule has 22 heavy (non-hydrogen) atoms. The molecule has 6 heteroatoms. The van der Waals surface area contributed by atoms with Gasteiger partial charge in [0.05, 0.1) is 38.3 Å². The largest absolute Gasteiger partial charge is 0.466 e. The van der Waals surface area contributed by atoms with E-state index in [4.69, 9.17) is 9.47 Å². The SMILES string of the molecule is CCOC(=O)CC(O)c1ccc(C(O)CC(=O)OCC)cc1. The van der Waals surface area contributed by atoms with Gasteiger partial charge in [0.1, 0.15) is 0 Å². The number of hydrogen-bond acceptors (Lipinski definition) is 6. The highest BCUT2D eigenvalue weighted by atomic mass is 16.5. The first-order valence-corrected chi connectivity index (χ1v) is 7.25. The fraction of sp³-hybridized carbons (Fsp3) is 0.500. The number of esters is 2. The van der Waals surface area contributed by atoms with Crippen molar-refractivity contribution in [3.8, 4) is 0 Å². The van der Waals surface area contributed by atoms with Crippen molar-refractivity contribution in [2.75, 3.05) is 13.2 Å². The van der Waals surface area contributed by atoms with Crippen molar-refractivity contribution >= 4 is 11.9 Å². The summed E-state index contributed by atoms with van der Waals surface area (Å²) in [7, 11) is 0. The van der Waals surface area contributed by atoms with Gasteiger partial charge in [-0.1, -0.05) is 24.3 Å². The molecule has 0 aliphatic rings. The molecule has 0 heterocycles. The number of benzene rings is 1. The number of carbonyl (C=O) groups is 2. The maximum atomic E-state index is 11.3. The number of aliphatic hydroxyl groups is 2. The van der Waals surface area contributed by atoms with E-state index in [9.17, 15) is 19.8 Å². The van der Waals surface area contributed by atoms with Gasteiger partial charge in [0, 0.05) is 0 Å². The predicted octanol–water partition coefficient (Wildman–Crippen LogP) is 1.66. The maximum absolute atomic E-state index is 11.3. The Labute approximate surface area is 129 Å². The van der Waals surface area contributed by atoms with Crippen LogP contribution in [0.3, 0.4) is 0 Å². The van der Waals surface area contributed by atoms with Crippen LogP contribution in [0.1, 0.15) is 50.0 Å². The summed E-state index contributed by atoms with van der Waals surface area (Å²) in [5.74, 6) is -0.942. The van der Waals surface area contributed by atoms with Gasteiger partial charge in [0.2, 0.25) is 0 Å². The normalized spacial score (nSPS) is 13.3. The molecular formula is C16H22O6. The Hall–Kier alpha value is -1.92. The molecule has 122 valence electrons. The summed E-state index contributed by atoms with van der Waals surface area (Å²) in [6.07, 6.45) is -2.18. The summed E-state index contributed by atoms with van der Waals surface area (Å²) in [6, 6.07) is 6.42. The van der Waals surface area contributed by atoms with Crippen molar-refractivity contribution in [1.82, 2.24) is 0 Å². The second-order valence-corrected chi connectivity index (χ2v) is 4.72. The van der Waals surface area contributed by atoms with E-state index >= 15 is 0 Å². The minimum atomic E-state index is -0.963. The van der Waals surface area contributed by atoms with Crippen molar-refractivity contribution in [2.24, 2.45) is 0 Å². The minimum Gasteiger partial charge on any atom is -0.466 e. The number of ether oxygens (including phenoxy) is 2. The first-order chi connectivity index (χ1) is 10.5. The lowest BCUT2D eigenvalue weighted by Gasteiger charge is -2.13. The van der Waals surface area contributed by atoms with Crippen molar-refractivity contribution in [3.05, 3.63) is 35.4 Å². The van der Waals surface area contributed by atoms with Crippen LogP contribution in [0, 0.1) is 0 Å². The fourth-order valence-corrected chi connectivity index (χ4v) is 1.93. The highest BCUT2D eigenvalue weighted by Crippen LogP contribution is 2.22. The molecule has 0 saturated heterocycles. The van der Waals surface area contributed by atoms with E-state index in [0.717, 1.165) is 0 Å². The van der Waals surface area contributed by atoms with Crippen LogP contribution in [-0.2, 0) is 19.1 Å². The number of rotatable bonds is 8. The molecule has 1 aromatic rings. The zero-order chi connectivity index (χ0) is 16.5. The third kappa shape index (κ3) is 5.83. The molecule has 0 aliphatic heterocycles. The second-order valence-electron chi connectivity index (χ2n) is 4.72. The molecule has 1 aromatic carbocycles. The number of aliphatic hydroxyl groups excluding tert-OH is 2. The molecule has 2 N–H and O–H groups in total. The molecule has 0 radical (unpaired) electrons. The van der Waals surface area contributed by atoms with Gasteiger partial charge in [-0.3, -0.25) is 9.59 Å². The van der Waals surface area contributed by atoms with E-state index in [1.54, 1.807) is 38.1 Å². The van der Waals surface area contributed by atoms with Gasteiger partial charge in [-0.2, -0.15) is 0 Å². The van der Waals surface area contributed by atoms with E-state index in [2.05, 4.69) is 0 Å². The van der Waals surface area contributed by atoms with Crippen molar-refractivity contribution in [1.29, 1.82) is 0 Å². The first-order valence-electron chi connectivity index (χ1n) is 7.25. The Kier molecular flexibility index (Phi) is 7.56. The molecule has 0 aromatic heterocycles. The van der Waals surface area contributed by atoms with Gasteiger partial charge < -0.3 is 19.7 Å². The lowest BCUT2D eigenvalue weighted by Crippen LogP contribution is -2.11. The van der Waals surface area contributed by atoms with Crippen LogP contribution in [-0.4, -0.2) is 35.4 Å². The van der Waals surface area contributed by atoms with Gasteiger partial charge >= 0.3 is 11.9 Å². The Bertz CT molecular complexity index is 437. The Balaban J connectivity index is 2.61. The van der Waals surface area contributed by atoms with Crippen molar-refractivity contribution < 1.29 is 29.3 Å². The maximum Gasteiger partial charge on any atom is 0.308 e. The van der Waals surface area contributed by atoms with Gasteiger partial charge in [0.25, 0.3) is 0 Å². The minimum absolute atomic E-state index is 0.126. The molecule has 0 amide bonds. The molecule has 2 atom stereocenters. The van der Waals surface area contributed by atoms with E-state index < -0.39 is 24.1 Å². The Morgan fingerprint density at radius 1 is 0.864 bits per heavy atom. The van der Waals surface area contributed by atoms with Crippen molar-refractivity contribution in [3.63, 3.8) is 0 Å². The van der Waals surface area contributed by atoms with Crippen LogP contribution < -0.4 is 0 Å². The highest BCUT2D eigenvalue weighted by molar-refractivity contribution is 5.70. The number of carbonyl (C=O) groups excluding carboxylic acids is 2. The molecule has 2 unspecified atom stereocenters. The van der Waals surface area contributed by atoms with Crippen LogP contribution in [0.25, 0.3) is 0 Å². The molecule has 0 saturated carbocycles. The summed E-state index contributed by atoms with van der Waals surface area (Å²) >= 11 is 0. The van der Waals surface area contributed by atoms with Gasteiger partial charge in [-0.15, -0.1) is 0 Å². The van der Waals surface area contributed by atoms with Gasteiger partial charge in [0.15, 0.2) is 0 Å². The first kappa shape index (κ1) is 18.1. The van der Waals surface area contributed by atoms with Crippen molar-refractivity contribution in [2.45, 2.75) is 38.9 Å². The van der Waals surface area contributed by atoms with Crippen LogP contribution in [0.15, 0.2) is 24.3 Å². The molecule has 0 aliphatic carbocycles.